The lowest BCUT2D eigenvalue weighted by Crippen LogP contribution is -2.40. The Kier molecular flexibility index (Phi) is 6.62. The van der Waals surface area contributed by atoms with Crippen LogP contribution >= 0.6 is 11.3 Å². The number of primary amides is 1. The van der Waals surface area contributed by atoms with Crippen LogP contribution in [0, 0.1) is 18.7 Å². The molecule has 1 saturated heterocycles. The van der Waals surface area contributed by atoms with Crippen molar-refractivity contribution < 1.29 is 14.0 Å². The number of carbonyl (C=O) groups is 2. The molecule has 2 amide bonds. The number of nitrogens with zero attached hydrogens (tertiary/aromatic N) is 2. The molecule has 4 rings (SSSR count). The SMILES string of the molecule is Cc1nc(-c2ccc(F)cc2)sc1C(=O)Nc1ccc(CN2CCC[C@@H](C(N)=O)C2)cc1. The minimum Gasteiger partial charge on any atom is -0.369 e. The maximum atomic E-state index is 13.2. The average molecular weight is 453 g/mol. The lowest BCUT2D eigenvalue weighted by atomic mass is 9.97. The fraction of sp³-hybridized carbons (Fsp3) is 0.292. The summed E-state index contributed by atoms with van der Waals surface area (Å²) in [5, 5.41) is 3.60. The molecule has 8 heteroatoms. The molecule has 0 bridgehead atoms. The molecular formula is C24H25FN4O2S. The van der Waals surface area contributed by atoms with Gasteiger partial charge in [0.05, 0.1) is 11.6 Å². The number of aromatic nitrogens is 1. The molecule has 0 spiro atoms. The number of piperidine rings is 1. The van der Waals surface area contributed by atoms with Crippen molar-refractivity contribution >= 4 is 28.8 Å². The number of amides is 2. The van der Waals surface area contributed by atoms with E-state index in [0.717, 1.165) is 37.1 Å². The van der Waals surface area contributed by atoms with Crippen molar-refractivity contribution in [2.45, 2.75) is 26.3 Å². The Hall–Kier alpha value is -3.10. The predicted octanol–water partition coefficient (Wildman–Crippen LogP) is 4.21. The van der Waals surface area contributed by atoms with Crippen LogP contribution in [-0.4, -0.2) is 34.8 Å². The Labute approximate surface area is 190 Å². The number of nitrogens with two attached hydrogens (primary N) is 1. The molecule has 0 unspecified atom stereocenters. The number of aryl methyl sites for hydroxylation is 1. The summed E-state index contributed by atoms with van der Waals surface area (Å²) >= 11 is 1.28. The number of likely N-dealkylation sites (tertiary alicyclic amines) is 1. The number of anilines is 1. The number of hydrogen-bond donors (Lipinski definition) is 2. The Morgan fingerprint density at radius 3 is 2.59 bits per heavy atom. The van der Waals surface area contributed by atoms with Crippen LogP contribution in [0.2, 0.25) is 0 Å². The monoisotopic (exact) mass is 452 g/mol. The highest BCUT2D eigenvalue weighted by molar-refractivity contribution is 7.17. The van der Waals surface area contributed by atoms with Crippen molar-refractivity contribution in [1.82, 2.24) is 9.88 Å². The Balaban J connectivity index is 1.39. The van der Waals surface area contributed by atoms with Crippen LogP contribution in [0.15, 0.2) is 48.5 Å². The second kappa shape index (κ2) is 9.58. The van der Waals surface area contributed by atoms with Gasteiger partial charge in [0.25, 0.3) is 5.91 Å². The molecule has 0 saturated carbocycles. The second-order valence-electron chi connectivity index (χ2n) is 8.07. The van der Waals surface area contributed by atoms with Crippen molar-refractivity contribution in [2.24, 2.45) is 11.7 Å². The van der Waals surface area contributed by atoms with Gasteiger partial charge in [0, 0.05) is 24.3 Å². The van der Waals surface area contributed by atoms with E-state index in [9.17, 15) is 14.0 Å². The van der Waals surface area contributed by atoms with Crippen LogP contribution in [0.4, 0.5) is 10.1 Å². The first-order valence-electron chi connectivity index (χ1n) is 10.5. The van der Waals surface area contributed by atoms with Gasteiger partial charge in [-0.05, 0) is 68.3 Å². The average Bonchev–Trinajstić information content (AvgIpc) is 3.17. The van der Waals surface area contributed by atoms with Crippen LogP contribution in [-0.2, 0) is 11.3 Å². The molecule has 2 aromatic carbocycles. The Morgan fingerprint density at radius 2 is 1.91 bits per heavy atom. The molecule has 2 heterocycles. The second-order valence-corrected chi connectivity index (χ2v) is 9.07. The zero-order valence-electron chi connectivity index (χ0n) is 17.8. The van der Waals surface area contributed by atoms with Crippen LogP contribution < -0.4 is 11.1 Å². The number of halogens is 1. The third-order valence-electron chi connectivity index (χ3n) is 5.62. The topological polar surface area (TPSA) is 88.3 Å². The van der Waals surface area contributed by atoms with Gasteiger partial charge in [0.2, 0.25) is 5.91 Å². The Bertz CT molecular complexity index is 1110. The van der Waals surface area contributed by atoms with Gasteiger partial charge in [-0.3, -0.25) is 14.5 Å². The molecule has 3 N–H and O–H groups in total. The fourth-order valence-electron chi connectivity index (χ4n) is 3.89. The van der Waals surface area contributed by atoms with E-state index in [2.05, 4.69) is 15.2 Å². The third-order valence-corrected chi connectivity index (χ3v) is 6.83. The summed E-state index contributed by atoms with van der Waals surface area (Å²) in [5.74, 6) is -0.837. The third kappa shape index (κ3) is 5.20. The number of rotatable bonds is 6. The molecule has 1 fully saturated rings. The van der Waals surface area contributed by atoms with Crippen LogP contribution in [0.1, 0.15) is 33.8 Å². The van der Waals surface area contributed by atoms with Crippen molar-refractivity contribution in [2.75, 3.05) is 18.4 Å². The molecule has 6 nitrogen and oxygen atoms in total. The molecule has 1 aliphatic heterocycles. The highest BCUT2D eigenvalue weighted by Crippen LogP contribution is 2.29. The zero-order chi connectivity index (χ0) is 22.7. The highest BCUT2D eigenvalue weighted by atomic mass is 32.1. The molecular weight excluding hydrogens is 427 g/mol. The van der Waals surface area contributed by atoms with E-state index in [1.54, 1.807) is 19.1 Å². The van der Waals surface area contributed by atoms with Crippen molar-refractivity contribution in [1.29, 1.82) is 0 Å². The first-order chi connectivity index (χ1) is 15.4. The normalized spacial score (nSPS) is 16.6. The summed E-state index contributed by atoms with van der Waals surface area (Å²) in [4.78, 5) is 31.5. The van der Waals surface area contributed by atoms with Crippen LogP contribution in [0.25, 0.3) is 10.6 Å². The maximum absolute atomic E-state index is 13.2. The van der Waals surface area contributed by atoms with E-state index >= 15 is 0 Å². The molecule has 3 aromatic rings. The number of carbonyl (C=O) groups excluding carboxylic acids is 2. The van der Waals surface area contributed by atoms with E-state index in [0.29, 0.717) is 27.8 Å². The van der Waals surface area contributed by atoms with Gasteiger partial charge in [0.15, 0.2) is 0 Å². The van der Waals surface area contributed by atoms with E-state index in [-0.39, 0.29) is 23.5 Å². The standard InChI is InChI=1S/C24H25FN4O2S/c1-15-21(32-24(27-15)17-6-8-19(25)9-7-17)23(31)28-20-10-4-16(5-11-20)13-29-12-2-3-18(14-29)22(26)30/h4-11,18H,2-3,12-14H2,1H3,(H2,26,30)(H,28,31)/t18-/m1/s1. The summed E-state index contributed by atoms with van der Waals surface area (Å²) in [6.07, 6.45) is 1.83. The Morgan fingerprint density at radius 1 is 1.19 bits per heavy atom. The van der Waals surface area contributed by atoms with Gasteiger partial charge < -0.3 is 11.1 Å². The smallest absolute Gasteiger partial charge is 0.267 e. The van der Waals surface area contributed by atoms with Gasteiger partial charge in [-0.25, -0.2) is 9.37 Å². The lowest BCUT2D eigenvalue weighted by molar-refractivity contribution is -0.123. The quantitative estimate of drug-likeness (QED) is 0.587. The van der Waals surface area contributed by atoms with Gasteiger partial charge in [0.1, 0.15) is 15.7 Å². The summed E-state index contributed by atoms with van der Waals surface area (Å²) in [7, 11) is 0. The summed E-state index contributed by atoms with van der Waals surface area (Å²) in [5.41, 5.74) is 8.69. The van der Waals surface area contributed by atoms with E-state index in [4.69, 9.17) is 5.73 Å². The largest absolute Gasteiger partial charge is 0.369 e. The van der Waals surface area contributed by atoms with Gasteiger partial charge >= 0.3 is 0 Å². The molecule has 166 valence electrons. The van der Waals surface area contributed by atoms with E-state index < -0.39 is 0 Å². The number of thiazole rings is 1. The van der Waals surface area contributed by atoms with Crippen LogP contribution in [0.5, 0.6) is 0 Å². The first kappa shape index (κ1) is 22.1. The summed E-state index contributed by atoms with van der Waals surface area (Å²) in [6, 6.07) is 13.8. The zero-order valence-corrected chi connectivity index (χ0v) is 18.6. The predicted molar refractivity (Wildman–Crippen MR) is 124 cm³/mol. The molecule has 32 heavy (non-hydrogen) atoms. The fourth-order valence-corrected chi connectivity index (χ4v) is 4.86. The van der Waals surface area contributed by atoms with Gasteiger partial charge in [-0.1, -0.05) is 12.1 Å². The van der Waals surface area contributed by atoms with E-state index in [1.165, 1.54) is 23.5 Å². The van der Waals surface area contributed by atoms with Crippen molar-refractivity contribution in [3.63, 3.8) is 0 Å². The molecule has 1 aromatic heterocycles. The maximum Gasteiger partial charge on any atom is 0.267 e. The van der Waals surface area contributed by atoms with Crippen molar-refractivity contribution in [3.05, 3.63) is 70.5 Å². The van der Waals surface area contributed by atoms with Gasteiger partial charge in [-0.15, -0.1) is 11.3 Å². The number of benzene rings is 2. The lowest BCUT2D eigenvalue weighted by Gasteiger charge is -2.31. The minimum atomic E-state index is -0.309. The molecule has 0 radical (unpaired) electrons. The number of hydrogen-bond acceptors (Lipinski definition) is 5. The molecule has 1 atom stereocenters. The first-order valence-corrected chi connectivity index (χ1v) is 11.4. The van der Waals surface area contributed by atoms with E-state index in [1.807, 2.05) is 24.3 Å². The minimum absolute atomic E-state index is 0.0789. The summed E-state index contributed by atoms with van der Waals surface area (Å²) in [6.45, 7) is 4.17. The van der Waals surface area contributed by atoms with Gasteiger partial charge in [-0.2, -0.15) is 0 Å². The molecule has 0 aliphatic carbocycles. The molecule has 1 aliphatic rings. The van der Waals surface area contributed by atoms with Crippen LogP contribution in [0.3, 0.4) is 0 Å². The van der Waals surface area contributed by atoms with Crippen molar-refractivity contribution in [3.8, 4) is 10.6 Å². The summed E-state index contributed by atoms with van der Waals surface area (Å²) < 4.78 is 13.2. The highest BCUT2D eigenvalue weighted by Gasteiger charge is 2.24. The number of nitrogens with one attached hydrogen (secondary N) is 1.